The molecule has 33 heavy (non-hydrogen) atoms. The quantitative estimate of drug-likeness (QED) is 0.567. The Hall–Kier alpha value is -2.85. The number of fused-ring (bicyclic) bond motifs is 1. The van der Waals surface area contributed by atoms with Gasteiger partial charge in [-0.2, -0.15) is 5.10 Å². The highest BCUT2D eigenvalue weighted by molar-refractivity contribution is 5.94. The number of aliphatic hydroxyl groups excluding tert-OH is 1. The number of nitrogens with one attached hydrogen (secondary N) is 1. The molecule has 10 nitrogen and oxygen atoms in total. The fourth-order valence-electron chi connectivity index (χ4n) is 4.62. The predicted octanol–water partition coefficient (Wildman–Crippen LogP) is 1.02. The van der Waals surface area contributed by atoms with Crippen LogP contribution in [0.25, 0.3) is 0 Å². The van der Waals surface area contributed by atoms with Crippen molar-refractivity contribution < 1.29 is 14.7 Å². The van der Waals surface area contributed by atoms with E-state index in [9.17, 15) is 14.7 Å². The smallest absolute Gasteiger partial charge is 0.219 e. The molecule has 1 amide bonds. The van der Waals surface area contributed by atoms with Crippen molar-refractivity contribution in [1.29, 1.82) is 0 Å². The summed E-state index contributed by atoms with van der Waals surface area (Å²) in [4.78, 5) is 36.6. The number of likely N-dealkylation sites (tertiary alicyclic amines) is 1. The minimum absolute atomic E-state index is 0.0981. The lowest BCUT2D eigenvalue weighted by Crippen LogP contribution is -2.41. The van der Waals surface area contributed by atoms with Gasteiger partial charge in [0.15, 0.2) is 5.78 Å². The molecule has 0 aromatic carbocycles. The van der Waals surface area contributed by atoms with Crippen molar-refractivity contribution in [3.8, 4) is 0 Å². The third-order valence-corrected chi connectivity index (χ3v) is 6.47. The number of aromatic nitrogens is 4. The summed E-state index contributed by atoms with van der Waals surface area (Å²) in [5, 5.41) is 18.3. The van der Waals surface area contributed by atoms with Gasteiger partial charge >= 0.3 is 0 Å². The molecule has 1 saturated heterocycles. The van der Waals surface area contributed by atoms with Crippen LogP contribution in [0.15, 0.2) is 18.6 Å². The number of amides is 1. The molecule has 4 heterocycles. The normalized spacial score (nSPS) is 18.1. The van der Waals surface area contributed by atoms with Crippen LogP contribution in [0.1, 0.15) is 54.4 Å². The minimum Gasteiger partial charge on any atom is -0.392 e. The zero-order chi connectivity index (χ0) is 23.4. The molecule has 2 aromatic heterocycles. The number of carbonyl (C=O) groups excluding carboxylic acids is 2. The molecule has 0 radical (unpaired) electrons. The van der Waals surface area contributed by atoms with E-state index in [1.807, 2.05) is 22.8 Å². The van der Waals surface area contributed by atoms with Gasteiger partial charge in [0.05, 0.1) is 11.8 Å². The Morgan fingerprint density at radius 1 is 1.24 bits per heavy atom. The molecule has 2 aliphatic heterocycles. The average Bonchev–Trinajstić information content (AvgIpc) is 3.17. The number of piperidine rings is 1. The second kappa shape index (κ2) is 10.4. The summed E-state index contributed by atoms with van der Waals surface area (Å²) in [6.07, 6.45) is 6.06. The molecule has 4 rings (SSSR count). The van der Waals surface area contributed by atoms with Gasteiger partial charge in [0.1, 0.15) is 17.8 Å². The summed E-state index contributed by atoms with van der Waals surface area (Å²) in [6, 6.07) is 1.89. The van der Waals surface area contributed by atoms with Crippen molar-refractivity contribution in [2.45, 2.75) is 57.7 Å². The molecule has 0 aliphatic carbocycles. The summed E-state index contributed by atoms with van der Waals surface area (Å²) in [6.45, 7) is 5.22. The topological polar surface area (TPSA) is 116 Å². The van der Waals surface area contributed by atoms with Gasteiger partial charge in [0, 0.05) is 83.4 Å². The van der Waals surface area contributed by atoms with Crippen LogP contribution in [0.4, 0.5) is 5.82 Å². The highest BCUT2D eigenvalue weighted by Gasteiger charge is 2.23. The van der Waals surface area contributed by atoms with Gasteiger partial charge in [0.2, 0.25) is 5.91 Å². The highest BCUT2D eigenvalue weighted by atomic mass is 16.3. The van der Waals surface area contributed by atoms with Crippen LogP contribution in [0, 0.1) is 0 Å². The number of ketones is 1. The number of anilines is 1. The van der Waals surface area contributed by atoms with Crippen molar-refractivity contribution in [2.75, 3.05) is 31.5 Å². The molecule has 2 aliphatic rings. The second-order valence-electron chi connectivity index (χ2n) is 9.09. The summed E-state index contributed by atoms with van der Waals surface area (Å²) >= 11 is 0. The van der Waals surface area contributed by atoms with E-state index in [1.54, 1.807) is 13.0 Å². The number of aliphatic hydroxyl groups is 1. The fourth-order valence-corrected chi connectivity index (χ4v) is 4.62. The van der Waals surface area contributed by atoms with Gasteiger partial charge in [-0.3, -0.25) is 19.2 Å². The first kappa shape index (κ1) is 23.3. The maximum absolute atomic E-state index is 12.7. The Morgan fingerprint density at radius 2 is 2.03 bits per heavy atom. The summed E-state index contributed by atoms with van der Waals surface area (Å²) in [7, 11) is 1.92. The van der Waals surface area contributed by atoms with Crippen LogP contribution < -0.4 is 5.32 Å². The van der Waals surface area contributed by atoms with Gasteiger partial charge < -0.3 is 15.3 Å². The highest BCUT2D eigenvalue weighted by Crippen LogP contribution is 2.19. The van der Waals surface area contributed by atoms with E-state index in [4.69, 9.17) is 0 Å². The molecule has 0 saturated carbocycles. The van der Waals surface area contributed by atoms with Gasteiger partial charge in [-0.1, -0.05) is 0 Å². The van der Waals surface area contributed by atoms with Crippen molar-refractivity contribution in [3.05, 3.63) is 35.5 Å². The summed E-state index contributed by atoms with van der Waals surface area (Å²) in [5.74, 6) is 0.627. The molecule has 1 fully saturated rings. The summed E-state index contributed by atoms with van der Waals surface area (Å²) in [5.41, 5.74) is 2.70. The molecule has 2 N–H and O–H groups in total. The third-order valence-electron chi connectivity index (χ3n) is 6.47. The van der Waals surface area contributed by atoms with Gasteiger partial charge in [-0.25, -0.2) is 9.97 Å². The second-order valence-corrected chi connectivity index (χ2v) is 9.09. The van der Waals surface area contributed by atoms with E-state index >= 15 is 0 Å². The lowest BCUT2D eigenvalue weighted by atomic mass is 10.0. The monoisotopic (exact) mass is 455 g/mol. The average molecular weight is 456 g/mol. The lowest BCUT2D eigenvalue weighted by molar-refractivity contribution is -0.129. The number of hydrogen-bond acceptors (Lipinski definition) is 8. The number of aryl methyl sites for hydroxylation is 1. The number of hydrogen-bond donors (Lipinski definition) is 2. The van der Waals surface area contributed by atoms with Gasteiger partial charge in [-0.05, 0) is 19.3 Å². The van der Waals surface area contributed by atoms with E-state index in [2.05, 4.69) is 25.3 Å². The van der Waals surface area contributed by atoms with Crippen LogP contribution in [-0.4, -0.2) is 84.7 Å². The van der Waals surface area contributed by atoms with E-state index in [0.717, 1.165) is 51.1 Å². The molecular weight excluding hydrogens is 422 g/mol. The standard InChI is InChI=1S/C23H33N7O3/c1-16(31)30-9-5-18(6-10-30)26-23-11-21(24-15-25-23)22(33)4-3-19(32)14-29-8-7-20-17(13-29)12-28(2)27-20/h11-12,15,18-19,32H,3-10,13-14H2,1-2H3,(H,24,25,26)/t19-/m0/s1. The Bertz CT molecular complexity index is 984. The van der Waals surface area contributed by atoms with Crippen molar-refractivity contribution in [3.63, 3.8) is 0 Å². The largest absolute Gasteiger partial charge is 0.392 e. The van der Waals surface area contributed by atoms with E-state index in [1.165, 1.54) is 11.9 Å². The third kappa shape index (κ3) is 6.14. The molecule has 0 bridgehead atoms. The molecular formula is C23H33N7O3. The first-order valence-electron chi connectivity index (χ1n) is 11.7. The number of carbonyl (C=O) groups is 2. The number of Topliss-reactive ketones (excluding diaryl/α,β-unsaturated/α-hetero) is 1. The zero-order valence-corrected chi connectivity index (χ0v) is 19.4. The van der Waals surface area contributed by atoms with Crippen molar-refractivity contribution in [2.24, 2.45) is 7.05 Å². The molecule has 0 spiro atoms. The van der Waals surface area contributed by atoms with E-state index < -0.39 is 6.10 Å². The Balaban J connectivity index is 1.23. The van der Waals surface area contributed by atoms with E-state index in [0.29, 0.717) is 24.5 Å². The Labute approximate surface area is 194 Å². The van der Waals surface area contributed by atoms with Crippen LogP contribution in [-0.2, 0) is 24.8 Å². The predicted molar refractivity (Wildman–Crippen MR) is 123 cm³/mol. The van der Waals surface area contributed by atoms with Gasteiger partial charge in [-0.15, -0.1) is 0 Å². The Kier molecular flexibility index (Phi) is 7.34. The molecule has 10 heteroatoms. The van der Waals surface area contributed by atoms with Gasteiger partial charge in [0.25, 0.3) is 0 Å². The van der Waals surface area contributed by atoms with Crippen molar-refractivity contribution >= 4 is 17.5 Å². The Morgan fingerprint density at radius 3 is 2.79 bits per heavy atom. The maximum Gasteiger partial charge on any atom is 0.219 e. The van der Waals surface area contributed by atoms with Crippen LogP contribution in [0.5, 0.6) is 0 Å². The first-order chi connectivity index (χ1) is 15.9. The number of nitrogens with zero attached hydrogens (tertiary/aromatic N) is 6. The SMILES string of the molecule is CC(=O)N1CCC(Nc2cc(C(=O)CC[C@H](O)CN3CCc4nn(C)cc4C3)ncn2)CC1. The molecule has 0 unspecified atom stereocenters. The lowest BCUT2D eigenvalue weighted by Gasteiger charge is -2.31. The van der Waals surface area contributed by atoms with Crippen LogP contribution in [0.2, 0.25) is 0 Å². The zero-order valence-electron chi connectivity index (χ0n) is 19.4. The number of rotatable bonds is 8. The molecule has 1 atom stereocenters. The molecule has 178 valence electrons. The fraction of sp³-hybridized carbons (Fsp3) is 0.609. The van der Waals surface area contributed by atoms with Crippen LogP contribution in [0.3, 0.4) is 0 Å². The van der Waals surface area contributed by atoms with Crippen LogP contribution >= 0.6 is 0 Å². The number of β-amino-alcohol motifs (C(OH)–C–C–N with tert-alkyl or cyclic N) is 1. The minimum atomic E-state index is -0.571. The van der Waals surface area contributed by atoms with E-state index in [-0.39, 0.29) is 24.2 Å². The summed E-state index contributed by atoms with van der Waals surface area (Å²) < 4.78 is 1.84. The first-order valence-corrected chi connectivity index (χ1v) is 11.7. The maximum atomic E-state index is 12.7. The molecule has 2 aromatic rings. The van der Waals surface area contributed by atoms with Crippen molar-refractivity contribution in [1.82, 2.24) is 29.5 Å².